The molecule has 15 heteroatoms. The van der Waals surface area contributed by atoms with Gasteiger partial charge in [0.15, 0.2) is 0 Å². The average Bonchev–Trinajstić information content (AvgIpc) is 4.02. The van der Waals surface area contributed by atoms with Crippen LogP contribution in [0, 0.1) is 11.8 Å². The summed E-state index contributed by atoms with van der Waals surface area (Å²) in [6, 6.07) is 3.72. The first-order valence-electron chi connectivity index (χ1n) is 18.5. The molecule has 5 atom stereocenters. The summed E-state index contributed by atoms with van der Waals surface area (Å²) >= 11 is 0. The molecule has 3 heterocycles. The van der Waals surface area contributed by atoms with Gasteiger partial charge >= 0.3 is 12.2 Å². The molecular weight excluding hydrogens is 691 g/mol. The second-order valence-corrected chi connectivity index (χ2v) is 16.9. The molecule has 4 fully saturated rings. The molecule has 1 aromatic carbocycles. The standard InChI is InChI=1S/C37H47N5O9S/c1-2-26-19-37(26,34(45)40-52(48,49)28-15-16-28)39-32(43)30-18-27-21-42(30)33(44)31(24-11-5-3-6-12-24)38-35(46)50-17-8-4-7-10-23-13-9-14-25-20-41(22-29(23)25)36(47)51-27/h2,7,9-10,13-14,24,26-28,30-31H,1,3-6,8,11-12,15-22H2,(H,38,46)(H,39,43)(H,40,45)/b10-7+/t26-,27-,30+,31+,37+/m1/s1. The Hall–Kier alpha value is -4.40. The largest absolute Gasteiger partial charge is 0.450 e. The van der Waals surface area contributed by atoms with E-state index in [0.29, 0.717) is 51.6 Å². The van der Waals surface area contributed by atoms with E-state index in [-0.39, 0.29) is 31.9 Å². The van der Waals surface area contributed by atoms with Gasteiger partial charge in [0, 0.05) is 18.9 Å². The number of carbonyl (C=O) groups is 5. The minimum Gasteiger partial charge on any atom is -0.450 e. The molecule has 0 radical (unpaired) electrons. The van der Waals surface area contributed by atoms with Gasteiger partial charge in [-0.05, 0) is 67.6 Å². The number of hydrogen-bond donors (Lipinski definition) is 3. The Bertz CT molecular complexity index is 1770. The fourth-order valence-electron chi connectivity index (χ4n) is 8.12. The summed E-state index contributed by atoms with van der Waals surface area (Å²) < 4.78 is 39.0. The molecule has 1 saturated heterocycles. The summed E-state index contributed by atoms with van der Waals surface area (Å²) in [5, 5.41) is 4.93. The van der Waals surface area contributed by atoms with E-state index in [9.17, 15) is 32.4 Å². The molecule has 0 aromatic heterocycles. The Kier molecular flexibility index (Phi) is 10.1. The van der Waals surface area contributed by atoms with Gasteiger partial charge in [-0.25, -0.2) is 18.0 Å². The number of rotatable bonds is 7. The molecule has 14 nitrogen and oxygen atoms in total. The van der Waals surface area contributed by atoms with Gasteiger partial charge in [-0.2, -0.15) is 0 Å². The van der Waals surface area contributed by atoms with E-state index < -0.39 is 74.8 Å². The Morgan fingerprint density at radius 1 is 1.04 bits per heavy atom. The molecule has 0 spiro atoms. The van der Waals surface area contributed by atoms with Crippen LogP contribution in [0.25, 0.3) is 6.08 Å². The lowest BCUT2D eigenvalue weighted by Gasteiger charge is -2.34. The summed E-state index contributed by atoms with van der Waals surface area (Å²) in [4.78, 5) is 71.9. The van der Waals surface area contributed by atoms with Crippen LogP contribution in [-0.2, 0) is 47.0 Å². The minimum absolute atomic E-state index is 0.0588. The average molecular weight is 738 g/mol. The molecule has 0 unspecified atom stereocenters. The van der Waals surface area contributed by atoms with Crippen molar-refractivity contribution in [1.82, 2.24) is 25.2 Å². The summed E-state index contributed by atoms with van der Waals surface area (Å²) in [6.07, 6.45) is 9.70. The van der Waals surface area contributed by atoms with Gasteiger partial charge in [-0.3, -0.25) is 24.0 Å². The third-order valence-electron chi connectivity index (χ3n) is 11.3. The van der Waals surface area contributed by atoms with E-state index in [1.165, 1.54) is 11.0 Å². The quantitative estimate of drug-likeness (QED) is 0.354. The number of carbonyl (C=O) groups excluding carboxylic acids is 5. The number of cyclic esters (lactones) is 1. The molecule has 7 rings (SSSR count). The van der Waals surface area contributed by atoms with E-state index in [1.54, 1.807) is 4.90 Å². The van der Waals surface area contributed by atoms with E-state index >= 15 is 0 Å². The van der Waals surface area contributed by atoms with Crippen molar-refractivity contribution in [3.8, 4) is 0 Å². The van der Waals surface area contributed by atoms with Gasteiger partial charge in [0.05, 0.1) is 24.9 Å². The maximum absolute atomic E-state index is 14.6. The first kappa shape index (κ1) is 36.0. The van der Waals surface area contributed by atoms with Crippen molar-refractivity contribution < 1.29 is 41.9 Å². The Labute approximate surface area is 303 Å². The normalized spacial score (nSPS) is 30.5. The van der Waals surface area contributed by atoms with Crippen LogP contribution in [-0.4, -0.2) is 90.3 Å². The lowest BCUT2D eigenvalue weighted by molar-refractivity contribution is -0.142. The number of nitrogens with one attached hydrogen (secondary N) is 3. The predicted molar refractivity (Wildman–Crippen MR) is 188 cm³/mol. The Morgan fingerprint density at radius 2 is 1.83 bits per heavy atom. The van der Waals surface area contributed by atoms with Crippen molar-refractivity contribution in [2.75, 3.05) is 13.2 Å². The zero-order chi connectivity index (χ0) is 36.6. The van der Waals surface area contributed by atoms with Crippen molar-refractivity contribution in [3.63, 3.8) is 0 Å². The first-order chi connectivity index (χ1) is 25.0. The Balaban J connectivity index is 1.16. The zero-order valence-corrected chi connectivity index (χ0v) is 30.0. The van der Waals surface area contributed by atoms with Crippen molar-refractivity contribution in [2.45, 2.75) is 113 Å². The number of alkyl carbamates (subject to hydrolysis) is 1. The second-order valence-electron chi connectivity index (χ2n) is 15.0. The fraction of sp³-hybridized carbons (Fsp3) is 0.595. The molecule has 1 aromatic rings. The highest BCUT2D eigenvalue weighted by Gasteiger charge is 2.62. The van der Waals surface area contributed by atoms with Crippen LogP contribution >= 0.6 is 0 Å². The van der Waals surface area contributed by atoms with Crippen molar-refractivity contribution in [3.05, 3.63) is 53.6 Å². The molecular formula is C37H47N5O9S. The highest BCUT2D eigenvalue weighted by Crippen LogP contribution is 2.45. The van der Waals surface area contributed by atoms with Crippen LogP contribution in [0.1, 0.15) is 87.3 Å². The van der Waals surface area contributed by atoms with Crippen molar-refractivity contribution >= 4 is 46.0 Å². The molecule has 3 saturated carbocycles. The van der Waals surface area contributed by atoms with Gasteiger partial charge in [0.25, 0.3) is 5.91 Å². The molecule has 6 aliphatic rings. The van der Waals surface area contributed by atoms with Crippen LogP contribution in [0.4, 0.5) is 9.59 Å². The highest BCUT2D eigenvalue weighted by atomic mass is 32.2. The number of amides is 5. The molecule has 5 amide bonds. The monoisotopic (exact) mass is 737 g/mol. The third-order valence-corrected chi connectivity index (χ3v) is 13.2. The molecule has 3 N–H and O–H groups in total. The van der Waals surface area contributed by atoms with Crippen molar-refractivity contribution in [2.24, 2.45) is 11.8 Å². The van der Waals surface area contributed by atoms with E-state index in [2.05, 4.69) is 21.9 Å². The SMILES string of the molecule is C=C[C@@H]1C[C@@]1(NC(=O)[C@@H]1C[C@@H]2CN1C(=O)[C@H](C1CCCCC1)NC(=O)OCCC/C=C/c1cccc3c1CN(C3)C(=O)O2)C(=O)NS(=O)(=O)C1CC1. The number of fused-ring (bicyclic) bond motifs is 3. The maximum atomic E-state index is 14.6. The number of allylic oxidation sites excluding steroid dienone is 1. The Morgan fingerprint density at radius 3 is 2.56 bits per heavy atom. The summed E-state index contributed by atoms with van der Waals surface area (Å²) in [5.41, 5.74) is 1.43. The topological polar surface area (TPSA) is 181 Å². The smallest absolute Gasteiger partial charge is 0.410 e. The molecule has 280 valence electrons. The second kappa shape index (κ2) is 14.6. The van der Waals surface area contributed by atoms with Crippen LogP contribution < -0.4 is 15.4 Å². The molecule has 4 bridgehead atoms. The molecule has 52 heavy (non-hydrogen) atoms. The van der Waals surface area contributed by atoms with Crippen LogP contribution in [0.15, 0.2) is 36.9 Å². The lowest BCUT2D eigenvalue weighted by Crippen LogP contribution is -2.59. The van der Waals surface area contributed by atoms with E-state index in [1.807, 2.05) is 30.4 Å². The van der Waals surface area contributed by atoms with Crippen LogP contribution in [0.3, 0.4) is 0 Å². The summed E-state index contributed by atoms with van der Waals surface area (Å²) in [6.45, 7) is 4.48. The van der Waals surface area contributed by atoms with Gasteiger partial charge < -0.3 is 25.0 Å². The molecule has 3 aliphatic heterocycles. The number of nitrogens with zero attached hydrogens (tertiary/aromatic N) is 2. The van der Waals surface area contributed by atoms with Crippen molar-refractivity contribution in [1.29, 1.82) is 0 Å². The van der Waals surface area contributed by atoms with Gasteiger partial charge in [0.1, 0.15) is 23.7 Å². The lowest BCUT2D eigenvalue weighted by atomic mass is 9.83. The van der Waals surface area contributed by atoms with Gasteiger partial charge in [-0.1, -0.05) is 55.7 Å². The molecule has 3 aliphatic carbocycles. The maximum Gasteiger partial charge on any atom is 0.410 e. The number of hydrogen-bond acceptors (Lipinski definition) is 9. The predicted octanol–water partition coefficient (Wildman–Crippen LogP) is 3.26. The number of ether oxygens (including phenoxy) is 2. The minimum atomic E-state index is -3.90. The van der Waals surface area contributed by atoms with Gasteiger partial charge in [0.2, 0.25) is 21.8 Å². The van der Waals surface area contributed by atoms with Crippen LogP contribution in [0.2, 0.25) is 0 Å². The first-order valence-corrected chi connectivity index (χ1v) is 20.0. The van der Waals surface area contributed by atoms with E-state index in [0.717, 1.165) is 36.0 Å². The fourth-order valence-corrected chi connectivity index (χ4v) is 9.48. The van der Waals surface area contributed by atoms with Crippen LogP contribution in [0.5, 0.6) is 0 Å². The van der Waals surface area contributed by atoms with Gasteiger partial charge in [-0.15, -0.1) is 6.58 Å². The third kappa shape index (κ3) is 7.42. The number of benzene rings is 1. The highest BCUT2D eigenvalue weighted by molar-refractivity contribution is 7.91. The zero-order valence-electron chi connectivity index (χ0n) is 29.2. The summed E-state index contributed by atoms with van der Waals surface area (Å²) in [5.74, 6) is -2.78. The van der Waals surface area contributed by atoms with E-state index in [4.69, 9.17) is 9.47 Å². The number of sulfonamides is 1. The summed E-state index contributed by atoms with van der Waals surface area (Å²) in [7, 11) is -3.90.